The molecule has 172 valence electrons. The lowest BCUT2D eigenvalue weighted by atomic mass is 10.2. The minimum atomic E-state index is -0.0133. The molecule has 1 aliphatic heterocycles. The van der Waals surface area contributed by atoms with Gasteiger partial charge in [-0.2, -0.15) is 15.0 Å². The van der Waals surface area contributed by atoms with Gasteiger partial charge >= 0.3 is 0 Å². The summed E-state index contributed by atoms with van der Waals surface area (Å²) in [6.07, 6.45) is 0. The maximum atomic E-state index is 12.3. The number of hydrogen-bond acceptors (Lipinski definition) is 8. The molecule has 1 fully saturated rings. The molecular weight excluding hydrogens is 416 g/mol. The highest BCUT2D eigenvalue weighted by atomic mass is 16.2. The molecule has 1 saturated heterocycles. The van der Waals surface area contributed by atoms with Gasteiger partial charge in [0.15, 0.2) is 5.82 Å². The number of nitrogens with one attached hydrogen (secondary N) is 2. The lowest BCUT2D eigenvalue weighted by molar-refractivity contribution is -0.122. The van der Waals surface area contributed by atoms with Crippen LogP contribution in [0.4, 0.5) is 17.6 Å². The van der Waals surface area contributed by atoms with Gasteiger partial charge in [0, 0.05) is 38.4 Å². The van der Waals surface area contributed by atoms with Crippen LogP contribution in [0, 0.1) is 0 Å². The average molecular weight is 447 g/mol. The third kappa shape index (κ3) is 6.47. The van der Waals surface area contributed by atoms with E-state index in [0.717, 1.165) is 37.4 Å². The SMILES string of the molecule is CC(c1nc(N)nc(Nc2ccccc2)n1)N1CCN(CC(=O)NCc2ccccc2)CC1. The van der Waals surface area contributed by atoms with Crippen LogP contribution >= 0.6 is 0 Å². The zero-order chi connectivity index (χ0) is 23.0. The van der Waals surface area contributed by atoms with Gasteiger partial charge in [0.2, 0.25) is 17.8 Å². The number of carbonyl (C=O) groups excluding carboxylic acids is 1. The van der Waals surface area contributed by atoms with Crippen molar-refractivity contribution in [1.82, 2.24) is 30.1 Å². The molecule has 9 nitrogen and oxygen atoms in total. The van der Waals surface area contributed by atoms with Crippen molar-refractivity contribution < 1.29 is 4.79 Å². The minimum absolute atomic E-state index is 0.0133. The number of nitrogen functional groups attached to an aromatic ring is 1. The first-order chi connectivity index (χ1) is 16.1. The first kappa shape index (κ1) is 22.6. The molecule has 1 unspecified atom stereocenters. The number of para-hydroxylation sites is 1. The van der Waals surface area contributed by atoms with Crippen molar-refractivity contribution in [2.45, 2.75) is 19.5 Å². The minimum Gasteiger partial charge on any atom is -0.368 e. The normalized spacial score (nSPS) is 15.7. The fourth-order valence-electron chi connectivity index (χ4n) is 3.83. The Morgan fingerprint density at radius 1 is 0.970 bits per heavy atom. The van der Waals surface area contributed by atoms with E-state index in [0.29, 0.717) is 24.9 Å². The molecule has 2 aromatic carbocycles. The number of nitrogens with zero attached hydrogens (tertiary/aromatic N) is 5. The summed E-state index contributed by atoms with van der Waals surface area (Å²) in [6.45, 7) is 6.27. The third-order valence-electron chi connectivity index (χ3n) is 5.73. The first-order valence-electron chi connectivity index (χ1n) is 11.2. The lowest BCUT2D eigenvalue weighted by Gasteiger charge is -2.37. The summed E-state index contributed by atoms with van der Waals surface area (Å²) in [7, 11) is 0. The van der Waals surface area contributed by atoms with Gasteiger partial charge in [0.1, 0.15) is 0 Å². The number of aromatic nitrogens is 3. The summed E-state index contributed by atoms with van der Waals surface area (Å²) in [5, 5.41) is 6.18. The Balaban J connectivity index is 1.28. The number of amides is 1. The van der Waals surface area contributed by atoms with E-state index in [2.05, 4.69) is 42.3 Å². The molecular formula is C24H30N8O. The number of hydrogen-bond donors (Lipinski definition) is 3. The highest BCUT2D eigenvalue weighted by Gasteiger charge is 2.25. The second-order valence-electron chi connectivity index (χ2n) is 8.12. The van der Waals surface area contributed by atoms with Gasteiger partial charge in [0.05, 0.1) is 12.6 Å². The van der Waals surface area contributed by atoms with Crippen molar-refractivity contribution in [1.29, 1.82) is 0 Å². The Labute approximate surface area is 194 Å². The molecule has 4 rings (SSSR count). The van der Waals surface area contributed by atoms with E-state index in [-0.39, 0.29) is 17.9 Å². The van der Waals surface area contributed by atoms with E-state index in [1.165, 1.54) is 0 Å². The van der Waals surface area contributed by atoms with Crippen molar-refractivity contribution in [3.8, 4) is 0 Å². The quantitative estimate of drug-likeness (QED) is 0.483. The van der Waals surface area contributed by atoms with E-state index in [1.54, 1.807) is 0 Å². The van der Waals surface area contributed by atoms with Gasteiger partial charge in [-0.05, 0) is 24.6 Å². The molecule has 1 aliphatic rings. The molecule has 1 aromatic heterocycles. The number of carbonyl (C=O) groups is 1. The summed E-state index contributed by atoms with van der Waals surface area (Å²) in [6, 6.07) is 19.6. The molecule has 0 saturated carbocycles. The Hall–Kier alpha value is -3.56. The molecule has 9 heteroatoms. The first-order valence-corrected chi connectivity index (χ1v) is 11.2. The number of anilines is 3. The molecule has 1 atom stereocenters. The lowest BCUT2D eigenvalue weighted by Crippen LogP contribution is -2.50. The van der Waals surface area contributed by atoms with Crippen LogP contribution < -0.4 is 16.4 Å². The summed E-state index contributed by atoms with van der Waals surface area (Å²) in [4.78, 5) is 30.0. The number of nitrogens with two attached hydrogens (primary N) is 1. The predicted octanol–water partition coefficient (Wildman–Crippen LogP) is 2.19. The molecule has 1 amide bonds. The van der Waals surface area contributed by atoms with Gasteiger partial charge in [-0.3, -0.25) is 14.6 Å². The third-order valence-corrected chi connectivity index (χ3v) is 5.73. The number of piperazine rings is 1. The maximum Gasteiger partial charge on any atom is 0.234 e. The smallest absolute Gasteiger partial charge is 0.234 e. The average Bonchev–Trinajstić information content (AvgIpc) is 2.84. The van der Waals surface area contributed by atoms with Crippen LogP contribution in [-0.4, -0.2) is 63.4 Å². The Kier molecular flexibility index (Phi) is 7.43. The van der Waals surface area contributed by atoms with E-state index >= 15 is 0 Å². The molecule has 0 spiro atoms. The second kappa shape index (κ2) is 10.8. The molecule has 33 heavy (non-hydrogen) atoms. The van der Waals surface area contributed by atoms with Crippen LogP contribution in [0.2, 0.25) is 0 Å². The summed E-state index contributed by atoms with van der Waals surface area (Å²) < 4.78 is 0. The molecule has 4 N–H and O–H groups in total. The zero-order valence-electron chi connectivity index (χ0n) is 18.8. The maximum absolute atomic E-state index is 12.3. The highest BCUT2D eigenvalue weighted by Crippen LogP contribution is 2.21. The molecule has 0 aliphatic carbocycles. The Morgan fingerprint density at radius 2 is 1.64 bits per heavy atom. The summed E-state index contributed by atoms with van der Waals surface area (Å²) in [5.41, 5.74) is 7.94. The van der Waals surface area contributed by atoms with Crippen molar-refractivity contribution in [3.63, 3.8) is 0 Å². The fraction of sp³-hybridized carbons (Fsp3) is 0.333. The van der Waals surface area contributed by atoms with Crippen molar-refractivity contribution in [3.05, 3.63) is 72.1 Å². The summed E-state index contributed by atoms with van der Waals surface area (Å²) in [5.74, 6) is 1.31. The van der Waals surface area contributed by atoms with E-state index in [1.807, 2.05) is 60.7 Å². The van der Waals surface area contributed by atoms with E-state index < -0.39 is 0 Å². The monoisotopic (exact) mass is 446 g/mol. The largest absolute Gasteiger partial charge is 0.368 e. The van der Waals surface area contributed by atoms with Crippen LogP contribution in [0.1, 0.15) is 24.4 Å². The van der Waals surface area contributed by atoms with E-state index in [4.69, 9.17) is 5.73 Å². The number of benzene rings is 2. The van der Waals surface area contributed by atoms with Crippen LogP contribution in [0.5, 0.6) is 0 Å². The van der Waals surface area contributed by atoms with Crippen LogP contribution in [0.15, 0.2) is 60.7 Å². The van der Waals surface area contributed by atoms with Gasteiger partial charge in [0.25, 0.3) is 0 Å². The fourth-order valence-corrected chi connectivity index (χ4v) is 3.83. The molecule has 0 radical (unpaired) electrons. The Morgan fingerprint density at radius 3 is 2.33 bits per heavy atom. The van der Waals surface area contributed by atoms with Crippen molar-refractivity contribution >= 4 is 23.5 Å². The second-order valence-corrected chi connectivity index (χ2v) is 8.12. The number of rotatable bonds is 8. The molecule has 3 aromatic rings. The topological polar surface area (TPSA) is 112 Å². The van der Waals surface area contributed by atoms with Gasteiger partial charge < -0.3 is 16.4 Å². The van der Waals surface area contributed by atoms with Crippen LogP contribution in [0.25, 0.3) is 0 Å². The van der Waals surface area contributed by atoms with Gasteiger partial charge in [-0.15, -0.1) is 0 Å². The van der Waals surface area contributed by atoms with Crippen molar-refractivity contribution in [2.24, 2.45) is 0 Å². The predicted molar refractivity (Wildman–Crippen MR) is 129 cm³/mol. The summed E-state index contributed by atoms with van der Waals surface area (Å²) >= 11 is 0. The highest BCUT2D eigenvalue weighted by molar-refractivity contribution is 5.78. The Bertz CT molecular complexity index is 1040. The molecule has 0 bridgehead atoms. The van der Waals surface area contributed by atoms with Crippen molar-refractivity contribution in [2.75, 3.05) is 43.8 Å². The molecule has 2 heterocycles. The van der Waals surface area contributed by atoms with Gasteiger partial charge in [-0.1, -0.05) is 48.5 Å². The van der Waals surface area contributed by atoms with Gasteiger partial charge in [-0.25, -0.2) is 0 Å². The van der Waals surface area contributed by atoms with Crippen LogP contribution in [-0.2, 0) is 11.3 Å². The zero-order valence-corrected chi connectivity index (χ0v) is 18.8. The van der Waals surface area contributed by atoms with Crippen LogP contribution in [0.3, 0.4) is 0 Å². The standard InChI is InChI=1S/C24H30N8O/c1-18(22-28-23(25)30-24(29-22)27-20-10-6-3-7-11-20)32-14-12-31(13-15-32)17-21(33)26-16-19-8-4-2-5-9-19/h2-11,18H,12-17H2,1H3,(H,26,33)(H3,25,27,28,29,30). The van der Waals surface area contributed by atoms with E-state index in [9.17, 15) is 4.79 Å².